The van der Waals surface area contributed by atoms with Crippen LogP contribution in [0.25, 0.3) is 10.9 Å². The maximum Gasteiger partial charge on any atom is 0.289 e. The van der Waals surface area contributed by atoms with Gasteiger partial charge < -0.3 is 30.7 Å². The topological polar surface area (TPSA) is 162 Å². The van der Waals surface area contributed by atoms with Crippen molar-refractivity contribution in [1.29, 1.82) is 0 Å². The largest absolute Gasteiger partial charge is 0.496 e. The molecule has 4 aromatic rings. The number of benzene rings is 2. The van der Waals surface area contributed by atoms with Crippen LogP contribution in [0.15, 0.2) is 77.7 Å². The molecule has 0 unspecified atom stereocenters. The number of ether oxygens (including phenoxy) is 1. The third-order valence-electron chi connectivity index (χ3n) is 7.22. The SMILES string of the molecule is COc1cccc2[nH]c(C(=O)N[C@@H](CCC(C)C)C(=O)N[C@@H](Cc3ccc[nH]c3=O)C(=O)C(=O)NCc3ccccc3)cc12. The van der Waals surface area contributed by atoms with Crippen molar-refractivity contribution < 1.29 is 23.9 Å². The molecule has 4 rings (SSSR count). The van der Waals surface area contributed by atoms with E-state index < -0.39 is 41.1 Å². The molecule has 5 N–H and O–H groups in total. The monoisotopic (exact) mass is 599 g/mol. The van der Waals surface area contributed by atoms with Gasteiger partial charge in [0.05, 0.1) is 7.11 Å². The molecule has 3 amide bonds. The number of hydrogen-bond donors (Lipinski definition) is 5. The van der Waals surface area contributed by atoms with Crippen LogP contribution < -0.4 is 26.2 Å². The molecule has 44 heavy (non-hydrogen) atoms. The summed E-state index contributed by atoms with van der Waals surface area (Å²) in [6, 6.07) is 16.8. The molecular weight excluding hydrogens is 562 g/mol. The number of aromatic amines is 2. The molecule has 0 saturated heterocycles. The third kappa shape index (κ3) is 8.21. The van der Waals surface area contributed by atoms with Gasteiger partial charge in [-0.2, -0.15) is 0 Å². The van der Waals surface area contributed by atoms with E-state index in [0.717, 1.165) is 5.56 Å². The van der Waals surface area contributed by atoms with E-state index in [4.69, 9.17) is 4.74 Å². The van der Waals surface area contributed by atoms with Gasteiger partial charge in [0.15, 0.2) is 0 Å². The van der Waals surface area contributed by atoms with Crippen molar-refractivity contribution in [3.05, 3.63) is 100 Å². The highest BCUT2D eigenvalue weighted by Crippen LogP contribution is 2.26. The second-order valence-corrected chi connectivity index (χ2v) is 10.9. The van der Waals surface area contributed by atoms with E-state index in [-0.39, 0.29) is 36.6 Å². The lowest BCUT2D eigenvalue weighted by molar-refractivity contribution is -0.140. The van der Waals surface area contributed by atoms with Crippen LogP contribution in [-0.2, 0) is 27.3 Å². The standard InChI is InChI=1S/C33H37N5O6/c1-20(2)14-15-25(37-32(42)27-18-23-24(36-27)12-7-13-28(23)44-3)31(41)38-26(17-22-11-8-16-34-30(22)40)29(39)33(43)35-19-21-9-5-4-6-10-21/h4-13,16,18,20,25-26,36H,14-15,17,19H2,1-3H3,(H,34,40)(H,35,43)(H,37,42)(H,38,41)/t25-,26-/m0/s1. The van der Waals surface area contributed by atoms with Gasteiger partial charge in [-0.25, -0.2) is 0 Å². The number of H-pyrrole nitrogens is 2. The molecule has 2 atom stereocenters. The summed E-state index contributed by atoms with van der Waals surface area (Å²) in [4.78, 5) is 71.3. The van der Waals surface area contributed by atoms with E-state index >= 15 is 0 Å². The molecule has 0 radical (unpaired) electrons. The highest BCUT2D eigenvalue weighted by molar-refractivity contribution is 6.38. The summed E-state index contributed by atoms with van der Waals surface area (Å²) in [6.07, 6.45) is 2.12. The summed E-state index contributed by atoms with van der Waals surface area (Å²) in [6.45, 7) is 4.10. The Balaban J connectivity index is 1.54. The molecule has 2 heterocycles. The molecule has 0 bridgehead atoms. The van der Waals surface area contributed by atoms with Gasteiger partial charge in [-0.1, -0.05) is 56.3 Å². The molecular formula is C33H37N5O6. The predicted molar refractivity (Wildman–Crippen MR) is 166 cm³/mol. The minimum atomic E-state index is -1.35. The first-order valence-electron chi connectivity index (χ1n) is 14.5. The van der Waals surface area contributed by atoms with E-state index in [0.29, 0.717) is 23.1 Å². The number of aromatic nitrogens is 2. The van der Waals surface area contributed by atoms with Gasteiger partial charge in [-0.3, -0.25) is 24.0 Å². The van der Waals surface area contributed by atoms with Crippen LogP contribution in [0.2, 0.25) is 0 Å². The fraction of sp³-hybridized carbons (Fsp3) is 0.303. The Morgan fingerprint density at radius 3 is 2.36 bits per heavy atom. The number of ketones is 1. The van der Waals surface area contributed by atoms with Crippen molar-refractivity contribution >= 4 is 34.4 Å². The van der Waals surface area contributed by atoms with Gasteiger partial charge in [-0.15, -0.1) is 0 Å². The average molecular weight is 600 g/mol. The van der Waals surface area contributed by atoms with Gasteiger partial charge in [0.2, 0.25) is 11.7 Å². The summed E-state index contributed by atoms with van der Waals surface area (Å²) in [5.74, 6) is -2.15. The lowest BCUT2D eigenvalue weighted by Crippen LogP contribution is -2.55. The number of nitrogens with one attached hydrogen (secondary N) is 5. The number of fused-ring (bicyclic) bond motifs is 1. The molecule has 0 saturated carbocycles. The Kier molecular flexibility index (Phi) is 10.7. The highest BCUT2D eigenvalue weighted by atomic mass is 16.5. The lowest BCUT2D eigenvalue weighted by Gasteiger charge is -2.23. The Labute approximate surface area is 254 Å². The minimum absolute atomic E-state index is 0.111. The Morgan fingerprint density at radius 1 is 0.886 bits per heavy atom. The highest BCUT2D eigenvalue weighted by Gasteiger charge is 2.31. The van der Waals surface area contributed by atoms with Crippen molar-refractivity contribution in [1.82, 2.24) is 25.9 Å². The fourth-order valence-electron chi connectivity index (χ4n) is 4.77. The van der Waals surface area contributed by atoms with Gasteiger partial charge in [0, 0.05) is 35.6 Å². The van der Waals surface area contributed by atoms with Crippen molar-refractivity contribution in [3.63, 3.8) is 0 Å². The fourth-order valence-corrected chi connectivity index (χ4v) is 4.77. The van der Waals surface area contributed by atoms with Crippen LogP contribution in [-0.4, -0.2) is 52.7 Å². The van der Waals surface area contributed by atoms with E-state index in [9.17, 15) is 24.0 Å². The maximum atomic E-state index is 13.7. The van der Waals surface area contributed by atoms with Crippen LogP contribution >= 0.6 is 0 Å². The Bertz CT molecular complexity index is 1680. The zero-order valence-electron chi connectivity index (χ0n) is 24.9. The van der Waals surface area contributed by atoms with Crippen LogP contribution in [0.5, 0.6) is 5.75 Å². The quantitative estimate of drug-likeness (QED) is 0.140. The number of amides is 3. The molecule has 11 nitrogen and oxygen atoms in total. The molecule has 0 aliphatic rings. The number of rotatable bonds is 14. The summed E-state index contributed by atoms with van der Waals surface area (Å²) >= 11 is 0. The van der Waals surface area contributed by atoms with E-state index in [1.165, 1.54) is 19.4 Å². The molecule has 2 aromatic carbocycles. The molecule has 11 heteroatoms. The summed E-state index contributed by atoms with van der Waals surface area (Å²) in [7, 11) is 1.54. The zero-order valence-corrected chi connectivity index (χ0v) is 24.9. The smallest absolute Gasteiger partial charge is 0.289 e. The molecule has 2 aromatic heterocycles. The van der Waals surface area contributed by atoms with Crippen molar-refractivity contribution in [2.24, 2.45) is 5.92 Å². The predicted octanol–water partition coefficient (Wildman–Crippen LogP) is 3.01. The van der Waals surface area contributed by atoms with Gasteiger partial charge in [0.25, 0.3) is 17.4 Å². The Morgan fingerprint density at radius 2 is 1.66 bits per heavy atom. The molecule has 0 fully saturated rings. The normalized spacial score (nSPS) is 12.4. The minimum Gasteiger partial charge on any atom is -0.496 e. The van der Waals surface area contributed by atoms with Crippen molar-refractivity contribution in [2.45, 2.75) is 51.7 Å². The number of carbonyl (C=O) groups excluding carboxylic acids is 4. The first-order chi connectivity index (χ1) is 21.2. The second-order valence-electron chi connectivity index (χ2n) is 10.9. The first-order valence-corrected chi connectivity index (χ1v) is 14.5. The Hall–Kier alpha value is -5.19. The van der Waals surface area contributed by atoms with Gasteiger partial charge >= 0.3 is 0 Å². The summed E-state index contributed by atoms with van der Waals surface area (Å²) in [5.41, 5.74) is 1.49. The van der Waals surface area contributed by atoms with Crippen LogP contribution in [0.3, 0.4) is 0 Å². The van der Waals surface area contributed by atoms with Crippen molar-refractivity contribution in [3.8, 4) is 5.75 Å². The number of carbonyl (C=O) groups is 4. The van der Waals surface area contributed by atoms with Crippen molar-refractivity contribution in [2.75, 3.05) is 7.11 Å². The number of pyridine rings is 1. The first kappa shape index (κ1) is 31.7. The van der Waals surface area contributed by atoms with E-state index in [1.54, 1.807) is 36.4 Å². The molecule has 0 aliphatic carbocycles. The number of hydrogen-bond acceptors (Lipinski definition) is 6. The second kappa shape index (κ2) is 14.8. The van der Waals surface area contributed by atoms with Gasteiger partial charge in [-0.05, 0) is 48.6 Å². The van der Waals surface area contributed by atoms with Crippen LogP contribution in [0.4, 0.5) is 0 Å². The molecule has 230 valence electrons. The molecule has 0 aliphatic heterocycles. The zero-order chi connectivity index (χ0) is 31.6. The third-order valence-corrected chi connectivity index (χ3v) is 7.22. The lowest BCUT2D eigenvalue weighted by atomic mass is 9.99. The summed E-state index contributed by atoms with van der Waals surface area (Å²) in [5, 5.41) is 8.73. The number of Topliss-reactive ketones (excluding diaryl/α,β-unsaturated/α-hetero) is 1. The van der Waals surface area contributed by atoms with E-state index in [2.05, 4.69) is 25.9 Å². The molecule has 0 spiro atoms. The number of methoxy groups -OCH3 is 1. The average Bonchev–Trinajstić information content (AvgIpc) is 3.47. The summed E-state index contributed by atoms with van der Waals surface area (Å²) < 4.78 is 5.38. The maximum absolute atomic E-state index is 13.7. The van der Waals surface area contributed by atoms with E-state index in [1.807, 2.05) is 38.1 Å². The van der Waals surface area contributed by atoms with Crippen LogP contribution in [0, 0.1) is 5.92 Å². The van der Waals surface area contributed by atoms with Crippen LogP contribution in [0.1, 0.15) is 48.3 Å². The van der Waals surface area contributed by atoms with Gasteiger partial charge in [0.1, 0.15) is 23.5 Å².